The van der Waals surface area contributed by atoms with E-state index in [4.69, 9.17) is 14.2 Å². The number of hydrogen-bond acceptors (Lipinski definition) is 6. The Morgan fingerprint density at radius 1 is 1.36 bits per heavy atom. The first-order valence-electron chi connectivity index (χ1n) is 7.73. The summed E-state index contributed by atoms with van der Waals surface area (Å²) in [6, 6.07) is 3.94. The van der Waals surface area contributed by atoms with Crippen molar-refractivity contribution < 1.29 is 19.0 Å². The second kappa shape index (κ2) is 6.73. The van der Waals surface area contributed by atoms with Gasteiger partial charge in [-0.3, -0.25) is 9.78 Å². The van der Waals surface area contributed by atoms with E-state index in [2.05, 4.69) is 9.88 Å². The van der Waals surface area contributed by atoms with Crippen molar-refractivity contribution in [1.29, 1.82) is 0 Å². The SMILES string of the molecule is CCOC(=O)[C@H]1CN(C)C[C@@H]1c1ccc(C2OCCO2)nc1. The van der Waals surface area contributed by atoms with E-state index in [0.717, 1.165) is 24.3 Å². The monoisotopic (exact) mass is 306 g/mol. The fourth-order valence-corrected chi connectivity index (χ4v) is 3.13. The maximum atomic E-state index is 12.1. The number of pyridine rings is 1. The second-order valence-corrected chi connectivity index (χ2v) is 5.78. The molecule has 0 aromatic carbocycles. The van der Waals surface area contributed by atoms with Crippen molar-refractivity contribution >= 4 is 5.97 Å². The van der Waals surface area contributed by atoms with Crippen molar-refractivity contribution in [2.75, 3.05) is 40.0 Å². The van der Waals surface area contributed by atoms with Crippen LogP contribution in [0.2, 0.25) is 0 Å². The molecular weight excluding hydrogens is 284 g/mol. The van der Waals surface area contributed by atoms with E-state index < -0.39 is 0 Å². The number of nitrogens with zero attached hydrogens (tertiary/aromatic N) is 2. The molecule has 0 spiro atoms. The lowest BCUT2D eigenvalue weighted by Crippen LogP contribution is -2.24. The van der Waals surface area contributed by atoms with Crippen molar-refractivity contribution in [3.8, 4) is 0 Å². The highest BCUT2D eigenvalue weighted by Gasteiger charge is 2.38. The fraction of sp³-hybridized carbons (Fsp3) is 0.625. The largest absolute Gasteiger partial charge is 0.466 e. The third-order valence-electron chi connectivity index (χ3n) is 4.19. The number of esters is 1. The average Bonchev–Trinajstić information content (AvgIpc) is 3.17. The molecule has 1 aromatic rings. The minimum absolute atomic E-state index is 0.121. The van der Waals surface area contributed by atoms with Crippen LogP contribution in [0.5, 0.6) is 0 Å². The summed E-state index contributed by atoms with van der Waals surface area (Å²) in [4.78, 5) is 18.7. The highest BCUT2D eigenvalue weighted by Crippen LogP contribution is 2.33. The zero-order chi connectivity index (χ0) is 15.5. The smallest absolute Gasteiger partial charge is 0.310 e. The first-order valence-corrected chi connectivity index (χ1v) is 7.73. The third-order valence-corrected chi connectivity index (χ3v) is 4.19. The van der Waals surface area contributed by atoms with Crippen LogP contribution < -0.4 is 0 Å². The van der Waals surface area contributed by atoms with Gasteiger partial charge in [0.15, 0.2) is 0 Å². The molecule has 3 heterocycles. The van der Waals surface area contributed by atoms with Crippen LogP contribution in [0.15, 0.2) is 18.3 Å². The van der Waals surface area contributed by atoms with Gasteiger partial charge in [0.05, 0.1) is 31.4 Å². The standard InChI is InChI=1S/C16H22N2O4/c1-3-20-15(19)13-10-18(2)9-12(13)11-4-5-14(17-8-11)16-21-6-7-22-16/h4-5,8,12-13,16H,3,6-7,9-10H2,1-2H3/t12-,13+/m1/s1. The zero-order valence-corrected chi connectivity index (χ0v) is 13.0. The van der Waals surface area contributed by atoms with Gasteiger partial charge in [-0.1, -0.05) is 6.07 Å². The minimum atomic E-state index is -0.360. The first-order chi connectivity index (χ1) is 10.7. The first kappa shape index (κ1) is 15.4. The number of aromatic nitrogens is 1. The van der Waals surface area contributed by atoms with Crippen LogP contribution in [-0.4, -0.2) is 55.8 Å². The minimum Gasteiger partial charge on any atom is -0.466 e. The summed E-state index contributed by atoms with van der Waals surface area (Å²) in [6.07, 6.45) is 1.47. The van der Waals surface area contributed by atoms with Crippen molar-refractivity contribution in [3.05, 3.63) is 29.6 Å². The summed E-state index contributed by atoms with van der Waals surface area (Å²) in [5.74, 6) is -0.129. The van der Waals surface area contributed by atoms with Gasteiger partial charge in [0.25, 0.3) is 0 Å². The normalized spacial score (nSPS) is 26.5. The van der Waals surface area contributed by atoms with Gasteiger partial charge < -0.3 is 19.1 Å². The molecule has 6 nitrogen and oxygen atoms in total. The van der Waals surface area contributed by atoms with Crippen LogP contribution in [0.4, 0.5) is 0 Å². The molecular formula is C16H22N2O4. The molecule has 22 heavy (non-hydrogen) atoms. The lowest BCUT2D eigenvalue weighted by Gasteiger charge is -2.18. The number of carbonyl (C=O) groups excluding carboxylic acids is 1. The van der Waals surface area contributed by atoms with E-state index >= 15 is 0 Å². The molecule has 2 aliphatic rings. The average molecular weight is 306 g/mol. The van der Waals surface area contributed by atoms with Crippen LogP contribution in [0.1, 0.15) is 30.4 Å². The lowest BCUT2D eigenvalue weighted by atomic mass is 9.90. The Labute approximate surface area is 130 Å². The molecule has 0 aliphatic carbocycles. The van der Waals surface area contributed by atoms with Crippen molar-refractivity contribution in [1.82, 2.24) is 9.88 Å². The Morgan fingerprint density at radius 2 is 2.14 bits per heavy atom. The molecule has 3 rings (SSSR count). The van der Waals surface area contributed by atoms with Gasteiger partial charge in [-0.25, -0.2) is 0 Å². The molecule has 2 saturated heterocycles. The van der Waals surface area contributed by atoms with Crippen molar-refractivity contribution in [3.63, 3.8) is 0 Å². The van der Waals surface area contributed by atoms with Gasteiger partial charge in [0.1, 0.15) is 0 Å². The van der Waals surface area contributed by atoms with E-state index in [1.165, 1.54) is 0 Å². The lowest BCUT2D eigenvalue weighted by molar-refractivity contribution is -0.147. The quantitative estimate of drug-likeness (QED) is 0.782. The van der Waals surface area contributed by atoms with Crippen LogP contribution in [0.3, 0.4) is 0 Å². The van der Waals surface area contributed by atoms with Gasteiger partial charge in [0.2, 0.25) is 6.29 Å². The molecule has 2 atom stereocenters. The molecule has 0 saturated carbocycles. The van der Waals surface area contributed by atoms with Gasteiger partial charge in [-0.15, -0.1) is 0 Å². The number of likely N-dealkylation sites (tertiary alicyclic amines) is 1. The number of likely N-dealkylation sites (N-methyl/N-ethyl adjacent to an activating group) is 1. The molecule has 0 amide bonds. The third kappa shape index (κ3) is 3.14. The summed E-state index contributed by atoms with van der Waals surface area (Å²) in [5, 5.41) is 0. The number of carbonyl (C=O) groups is 1. The Hall–Kier alpha value is -1.50. The molecule has 0 unspecified atom stereocenters. The maximum Gasteiger partial charge on any atom is 0.310 e. The summed E-state index contributed by atoms with van der Waals surface area (Å²) >= 11 is 0. The molecule has 2 fully saturated rings. The number of ether oxygens (including phenoxy) is 3. The molecule has 6 heteroatoms. The van der Waals surface area contributed by atoms with Crippen molar-refractivity contribution in [2.45, 2.75) is 19.1 Å². The van der Waals surface area contributed by atoms with E-state index in [9.17, 15) is 4.79 Å². The Bertz CT molecular complexity index is 513. The summed E-state index contributed by atoms with van der Waals surface area (Å²) in [6.45, 7) is 5.02. The Kier molecular flexibility index (Phi) is 4.71. The summed E-state index contributed by atoms with van der Waals surface area (Å²) < 4.78 is 16.1. The van der Waals surface area contributed by atoms with Crippen molar-refractivity contribution in [2.24, 2.45) is 5.92 Å². The topological polar surface area (TPSA) is 60.9 Å². The predicted octanol–water partition coefficient (Wildman–Crippen LogP) is 1.34. The second-order valence-electron chi connectivity index (χ2n) is 5.78. The molecule has 0 N–H and O–H groups in total. The highest BCUT2D eigenvalue weighted by atomic mass is 16.7. The molecule has 2 aliphatic heterocycles. The Balaban J connectivity index is 1.75. The van der Waals surface area contributed by atoms with Crippen LogP contribution in [-0.2, 0) is 19.0 Å². The van der Waals surface area contributed by atoms with Crippen LogP contribution in [0.25, 0.3) is 0 Å². The predicted molar refractivity (Wildman–Crippen MR) is 79.2 cm³/mol. The van der Waals surface area contributed by atoms with Gasteiger partial charge in [-0.2, -0.15) is 0 Å². The molecule has 0 radical (unpaired) electrons. The van der Waals surface area contributed by atoms with Crippen LogP contribution in [0, 0.1) is 5.92 Å². The van der Waals surface area contributed by atoms with E-state index in [0.29, 0.717) is 19.8 Å². The number of hydrogen-bond donors (Lipinski definition) is 0. The van der Waals surface area contributed by atoms with E-state index in [1.807, 2.05) is 32.3 Å². The van der Waals surface area contributed by atoms with E-state index in [-0.39, 0.29) is 24.1 Å². The Morgan fingerprint density at radius 3 is 2.77 bits per heavy atom. The van der Waals surface area contributed by atoms with E-state index in [1.54, 1.807) is 0 Å². The molecule has 0 bridgehead atoms. The molecule has 120 valence electrons. The highest BCUT2D eigenvalue weighted by molar-refractivity contribution is 5.74. The van der Waals surface area contributed by atoms with Crippen LogP contribution >= 0.6 is 0 Å². The van der Waals surface area contributed by atoms with Gasteiger partial charge in [-0.05, 0) is 25.6 Å². The van der Waals surface area contributed by atoms with Gasteiger partial charge >= 0.3 is 5.97 Å². The van der Waals surface area contributed by atoms with Gasteiger partial charge in [0, 0.05) is 25.2 Å². The fourth-order valence-electron chi connectivity index (χ4n) is 3.13. The zero-order valence-electron chi connectivity index (χ0n) is 13.0. The number of rotatable bonds is 4. The summed E-state index contributed by atoms with van der Waals surface area (Å²) in [7, 11) is 2.02. The molecule has 1 aromatic heterocycles. The maximum absolute atomic E-state index is 12.1. The summed E-state index contributed by atoms with van der Waals surface area (Å²) in [5.41, 5.74) is 1.84.